The molecule has 0 unspecified atom stereocenters. The first-order valence-corrected chi connectivity index (χ1v) is 9.63. The fourth-order valence-electron chi connectivity index (χ4n) is 2.18. The van der Waals surface area contributed by atoms with Crippen LogP contribution in [0.4, 0.5) is 5.69 Å². The molecule has 0 aliphatic rings. The summed E-state index contributed by atoms with van der Waals surface area (Å²) in [4.78, 5) is 35.4. The minimum atomic E-state index is -3.67. The molecule has 28 heavy (non-hydrogen) atoms. The van der Waals surface area contributed by atoms with Crippen molar-refractivity contribution in [2.24, 2.45) is 0 Å². The smallest absolute Gasteiger partial charge is 0.287 e. The van der Waals surface area contributed by atoms with Crippen molar-refractivity contribution in [3.8, 4) is 0 Å². The van der Waals surface area contributed by atoms with Gasteiger partial charge in [0.15, 0.2) is 5.76 Å². The van der Waals surface area contributed by atoms with Crippen molar-refractivity contribution in [1.82, 2.24) is 15.4 Å². The number of furan rings is 1. The molecule has 0 saturated heterocycles. The van der Waals surface area contributed by atoms with Crippen LogP contribution in [0.5, 0.6) is 0 Å². The number of aryl methyl sites for hydroxylation is 1. The lowest BCUT2D eigenvalue weighted by atomic mass is 10.2. The monoisotopic (exact) mass is 408 g/mol. The van der Waals surface area contributed by atoms with E-state index in [0.717, 1.165) is 0 Å². The van der Waals surface area contributed by atoms with Crippen molar-refractivity contribution >= 4 is 33.4 Å². The highest BCUT2D eigenvalue weighted by Gasteiger charge is 2.16. The van der Waals surface area contributed by atoms with Crippen molar-refractivity contribution in [3.05, 3.63) is 47.9 Å². The largest absolute Gasteiger partial charge is 0.459 e. The number of amides is 3. The molecule has 4 N–H and O–H groups in total. The van der Waals surface area contributed by atoms with Gasteiger partial charge in [-0.05, 0) is 43.8 Å². The molecule has 1 heterocycles. The van der Waals surface area contributed by atoms with Crippen LogP contribution in [0.3, 0.4) is 0 Å². The molecule has 11 heteroatoms. The molecule has 0 aliphatic heterocycles. The van der Waals surface area contributed by atoms with E-state index in [4.69, 9.17) is 4.42 Å². The summed E-state index contributed by atoms with van der Waals surface area (Å²) in [5.41, 5.74) is 0.790. The molecular weight excluding hydrogens is 388 g/mol. The van der Waals surface area contributed by atoms with E-state index in [1.165, 1.54) is 31.5 Å². The van der Waals surface area contributed by atoms with E-state index < -0.39 is 27.7 Å². The maximum Gasteiger partial charge on any atom is 0.287 e. The molecule has 2 aromatic rings. The Morgan fingerprint density at radius 3 is 2.39 bits per heavy atom. The van der Waals surface area contributed by atoms with Crippen LogP contribution < -0.4 is 20.7 Å². The normalized spacial score (nSPS) is 10.9. The first-order chi connectivity index (χ1) is 13.2. The number of hydrogen-bond acceptors (Lipinski definition) is 6. The number of hydrogen-bond donors (Lipinski definition) is 4. The summed E-state index contributed by atoms with van der Waals surface area (Å²) in [5.74, 6) is -1.61. The van der Waals surface area contributed by atoms with E-state index in [1.807, 2.05) is 0 Å². The molecule has 0 fully saturated rings. The van der Waals surface area contributed by atoms with Gasteiger partial charge < -0.3 is 20.4 Å². The molecule has 0 spiro atoms. The van der Waals surface area contributed by atoms with Crippen LogP contribution in [-0.2, 0) is 19.6 Å². The maximum atomic E-state index is 12.0. The summed E-state index contributed by atoms with van der Waals surface area (Å²) in [6.07, 6.45) is 1.33. The van der Waals surface area contributed by atoms with Crippen LogP contribution in [0, 0.1) is 6.92 Å². The van der Waals surface area contributed by atoms with E-state index in [9.17, 15) is 22.8 Å². The van der Waals surface area contributed by atoms with Crippen LogP contribution in [0.2, 0.25) is 0 Å². The number of sulfonamides is 1. The van der Waals surface area contributed by atoms with Gasteiger partial charge in [-0.25, -0.2) is 13.1 Å². The predicted molar refractivity (Wildman–Crippen MR) is 100 cm³/mol. The van der Waals surface area contributed by atoms with E-state index >= 15 is 0 Å². The van der Waals surface area contributed by atoms with Crippen molar-refractivity contribution in [3.63, 3.8) is 0 Å². The van der Waals surface area contributed by atoms with Crippen LogP contribution in [-0.4, -0.2) is 46.3 Å². The molecule has 0 aliphatic carbocycles. The lowest BCUT2D eigenvalue weighted by Gasteiger charge is -2.11. The Labute approximate surface area is 161 Å². The molecule has 1 aromatic heterocycles. The van der Waals surface area contributed by atoms with Gasteiger partial charge in [-0.1, -0.05) is 6.07 Å². The molecule has 2 rings (SSSR count). The van der Waals surface area contributed by atoms with Gasteiger partial charge in [0, 0.05) is 5.69 Å². The van der Waals surface area contributed by atoms with E-state index in [0.29, 0.717) is 5.56 Å². The Kier molecular flexibility index (Phi) is 6.90. The third kappa shape index (κ3) is 5.66. The second-order valence-electron chi connectivity index (χ2n) is 5.67. The summed E-state index contributed by atoms with van der Waals surface area (Å²) in [6.45, 7) is 0.951. The van der Waals surface area contributed by atoms with Gasteiger partial charge in [-0.15, -0.1) is 0 Å². The summed E-state index contributed by atoms with van der Waals surface area (Å²) in [6, 6.07) is 7.42. The van der Waals surface area contributed by atoms with Gasteiger partial charge in [0.05, 0.1) is 24.2 Å². The minimum Gasteiger partial charge on any atom is -0.459 e. The van der Waals surface area contributed by atoms with Crippen molar-refractivity contribution < 1.29 is 27.2 Å². The van der Waals surface area contributed by atoms with Gasteiger partial charge in [0.2, 0.25) is 21.8 Å². The number of carbonyl (C=O) groups excluding carboxylic acids is 3. The van der Waals surface area contributed by atoms with E-state index in [-0.39, 0.29) is 29.4 Å². The molecule has 1 aromatic carbocycles. The fourth-order valence-corrected chi connectivity index (χ4v) is 3.17. The van der Waals surface area contributed by atoms with Crippen LogP contribution in [0.1, 0.15) is 16.1 Å². The molecular formula is C17H20N4O6S. The predicted octanol–water partition coefficient (Wildman–Crippen LogP) is -0.0192. The SMILES string of the molecule is CNS(=O)(=O)c1cc(NC(=O)CNC(=O)CNC(=O)c2ccco2)ccc1C. The molecule has 10 nitrogen and oxygen atoms in total. The summed E-state index contributed by atoms with van der Waals surface area (Å²) >= 11 is 0. The zero-order chi connectivity index (χ0) is 20.7. The van der Waals surface area contributed by atoms with Crippen molar-refractivity contribution in [2.45, 2.75) is 11.8 Å². The maximum absolute atomic E-state index is 12.0. The molecule has 0 radical (unpaired) electrons. The van der Waals surface area contributed by atoms with Crippen molar-refractivity contribution in [2.75, 3.05) is 25.5 Å². The molecule has 0 saturated carbocycles. The van der Waals surface area contributed by atoms with Crippen LogP contribution >= 0.6 is 0 Å². The van der Waals surface area contributed by atoms with Gasteiger partial charge in [-0.3, -0.25) is 14.4 Å². The summed E-state index contributed by atoms with van der Waals surface area (Å²) in [7, 11) is -2.37. The Balaban J connectivity index is 1.84. The summed E-state index contributed by atoms with van der Waals surface area (Å²) in [5, 5.41) is 7.19. The molecule has 3 amide bonds. The van der Waals surface area contributed by atoms with Crippen molar-refractivity contribution in [1.29, 1.82) is 0 Å². The Morgan fingerprint density at radius 1 is 1.04 bits per heavy atom. The van der Waals surface area contributed by atoms with E-state index in [2.05, 4.69) is 20.7 Å². The fraction of sp³-hybridized carbons (Fsp3) is 0.235. The second-order valence-corrected chi connectivity index (χ2v) is 7.53. The van der Waals surface area contributed by atoms with Gasteiger partial charge in [0.1, 0.15) is 0 Å². The van der Waals surface area contributed by atoms with Gasteiger partial charge >= 0.3 is 0 Å². The highest BCUT2D eigenvalue weighted by molar-refractivity contribution is 7.89. The Hall–Kier alpha value is -3.18. The van der Waals surface area contributed by atoms with E-state index in [1.54, 1.807) is 19.1 Å². The number of carbonyl (C=O) groups is 3. The summed E-state index contributed by atoms with van der Waals surface area (Å²) < 4.78 is 31.0. The number of rotatable bonds is 8. The average Bonchev–Trinajstić information content (AvgIpc) is 3.20. The third-order valence-corrected chi connectivity index (χ3v) is 5.19. The average molecular weight is 408 g/mol. The Bertz CT molecular complexity index is 970. The standard InChI is InChI=1S/C17H20N4O6S/c1-11-5-6-12(8-14(11)28(25,26)18-2)21-16(23)10-19-15(22)9-20-17(24)13-4-3-7-27-13/h3-8,18H,9-10H2,1-2H3,(H,19,22)(H,20,24)(H,21,23). The molecule has 0 bridgehead atoms. The highest BCUT2D eigenvalue weighted by Crippen LogP contribution is 2.19. The zero-order valence-electron chi connectivity index (χ0n) is 15.2. The lowest BCUT2D eigenvalue weighted by molar-refractivity contribution is -0.123. The first kappa shape index (κ1) is 21.1. The van der Waals surface area contributed by atoms with Gasteiger partial charge in [-0.2, -0.15) is 0 Å². The van der Waals surface area contributed by atoms with Crippen LogP contribution in [0.15, 0.2) is 45.9 Å². The zero-order valence-corrected chi connectivity index (χ0v) is 16.1. The van der Waals surface area contributed by atoms with Gasteiger partial charge in [0.25, 0.3) is 5.91 Å². The lowest BCUT2D eigenvalue weighted by Crippen LogP contribution is -2.40. The number of nitrogens with one attached hydrogen (secondary N) is 4. The third-order valence-electron chi connectivity index (χ3n) is 3.63. The topological polar surface area (TPSA) is 147 Å². The number of anilines is 1. The Morgan fingerprint density at radius 2 is 1.75 bits per heavy atom. The molecule has 0 atom stereocenters. The quantitative estimate of drug-likeness (QED) is 0.483. The molecule has 150 valence electrons. The first-order valence-electron chi connectivity index (χ1n) is 8.15. The second kappa shape index (κ2) is 9.15. The highest BCUT2D eigenvalue weighted by atomic mass is 32.2. The minimum absolute atomic E-state index is 0.0393. The number of benzene rings is 1. The van der Waals surface area contributed by atoms with Crippen LogP contribution in [0.25, 0.3) is 0 Å².